The third-order valence-electron chi connectivity index (χ3n) is 6.50. The number of thioether (sulfide) groups is 2. The second kappa shape index (κ2) is 12.3. The SMILES string of the molecule is CC(C)(Sc1cc(C(C)(C)C)c(OP(=O)(O)O)c(C(C)(C)C)c1)Sc1cc(C(C)(C)C)c(OP(=O)(O)O)c(C(C)(C)C)c1. The van der Waals surface area contributed by atoms with Crippen LogP contribution in [0, 0.1) is 0 Å². The summed E-state index contributed by atoms with van der Waals surface area (Å²) >= 11 is 3.25. The van der Waals surface area contributed by atoms with Gasteiger partial charge in [0.25, 0.3) is 0 Å². The summed E-state index contributed by atoms with van der Waals surface area (Å²) in [6, 6.07) is 7.80. The van der Waals surface area contributed by atoms with Crippen LogP contribution >= 0.6 is 39.2 Å². The number of benzene rings is 2. The second-order valence-corrected chi connectivity index (χ2v) is 21.4. The van der Waals surface area contributed by atoms with Crippen LogP contribution in [0.5, 0.6) is 11.5 Å². The lowest BCUT2D eigenvalue weighted by molar-refractivity contribution is 0.275. The molecule has 0 aromatic heterocycles. The molecule has 0 atom stereocenters. The maximum Gasteiger partial charge on any atom is 0.524 e. The van der Waals surface area contributed by atoms with E-state index in [1.807, 2.05) is 107 Å². The summed E-state index contributed by atoms with van der Waals surface area (Å²) in [5, 5.41) is 0. The van der Waals surface area contributed by atoms with Crippen LogP contribution in [0.2, 0.25) is 0 Å². The molecule has 0 heterocycles. The zero-order valence-electron chi connectivity index (χ0n) is 27.9. The van der Waals surface area contributed by atoms with Crippen LogP contribution in [0.25, 0.3) is 0 Å². The summed E-state index contributed by atoms with van der Waals surface area (Å²) in [5.74, 6) is 0.432. The molecule has 4 N–H and O–H groups in total. The van der Waals surface area contributed by atoms with Crippen molar-refractivity contribution in [1.29, 1.82) is 0 Å². The van der Waals surface area contributed by atoms with E-state index in [4.69, 9.17) is 9.05 Å². The Morgan fingerprint density at radius 2 is 0.698 bits per heavy atom. The first-order valence-electron chi connectivity index (χ1n) is 14.1. The van der Waals surface area contributed by atoms with E-state index < -0.39 is 41.4 Å². The van der Waals surface area contributed by atoms with Gasteiger partial charge in [0.2, 0.25) is 0 Å². The number of hydrogen-bond donors (Lipinski definition) is 4. The molecule has 2 rings (SSSR count). The number of rotatable bonds is 8. The van der Waals surface area contributed by atoms with Gasteiger partial charge in [-0.3, -0.25) is 19.6 Å². The van der Waals surface area contributed by atoms with Crippen molar-refractivity contribution in [2.75, 3.05) is 0 Å². The molecule has 0 aliphatic carbocycles. The molecule has 0 amide bonds. The van der Waals surface area contributed by atoms with Crippen molar-refractivity contribution in [3.8, 4) is 11.5 Å². The molecule has 0 saturated carbocycles. The summed E-state index contributed by atoms with van der Waals surface area (Å²) in [5.41, 5.74) is 0.969. The molecule has 0 bridgehead atoms. The fourth-order valence-corrected chi connectivity index (χ4v) is 8.03. The molecule has 8 nitrogen and oxygen atoms in total. The molecule has 0 aliphatic heterocycles. The smallest absolute Gasteiger partial charge is 0.404 e. The number of hydrogen-bond acceptors (Lipinski definition) is 6. The minimum absolute atomic E-state index is 0.216. The lowest BCUT2D eigenvalue weighted by atomic mass is 9.79. The fraction of sp³-hybridized carbons (Fsp3) is 0.613. The molecule has 2 aromatic rings. The Morgan fingerprint density at radius 3 is 0.860 bits per heavy atom. The first-order valence-corrected chi connectivity index (χ1v) is 18.8. The highest BCUT2D eigenvalue weighted by molar-refractivity contribution is 8.18. The summed E-state index contributed by atoms with van der Waals surface area (Å²) in [6.45, 7) is 28.0. The predicted octanol–water partition coefficient (Wildman–Crippen LogP) is 9.44. The van der Waals surface area contributed by atoms with E-state index in [0.29, 0.717) is 22.3 Å². The fourth-order valence-electron chi connectivity index (χ4n) is 4.57. The third-order valence-corrected chi connectivity index (χ3v) is 9.77. The van der Waals surface area contributed by atoms with Gasteiger partial charge in [-0.25, -0.2) is 9.13 Å². The molecule has 2 aromatic carbocycles. The molecule has 244 valence electrons. The van der Waals surface area contributed by atoms with E-state index in [2.05, 4.69) is 13.8 Å². The molecule has 0 unspecified atom stereocenters. The standard InChI is InChI=1S/C31H50O8P2S2/c1-27(2,3)21-15-19(16-22(28(4,5)6)25(21)38-40(32,33)34)42-31(13,14)43-20-17-23(29(7,8)9)26(39-41(35,36)37)24(18-20)30(10,11)12/h15-18H,1-14H3,(H2,32,33,34)(H2,35,36,37). The summed E-state index contributed by atoms with van der Waals surface area (Å²) in [4.78, 5) is 40.8. The summed E-state index contributed by atoms with van der Waals surface area (Å²) < 4.78 is 34.2. The van der Waals surface area contributed by atoms with Crippen molar-refractivity contribution >= 4 is 39.2 Å². The van der Waals surface area contributed by atoms with Gasteiger partial charge < -0.3 is 9.05 Å². The van der Waals surface area contributed by atoms with Gasteiger partial charge in [0, 0.05) is 32.0 Å². The molecule has 0 saturated heterocycles. The highest BCUT2D eigenvalue weighted by Gasteiger charge is 2.35. The first-order chi connectivity index (χ1) is 18.8. The van der Waals surface area contributed by atoms with E-state index in [1.54, 1.807) is 23.5 Å². The predicted molar refractivity (Wildman–Crippen MR) is 179 cm³/mol. The van der Waals surface area contributed by atoms with Crippen molar-refractivity contribution in [1.82, 2.24) is 0 Å². The zero-order valence-corrected chi connectivity index (χ0v) is 31.4. The van der Waals surface area contributed by atoms with Crippen molar-refractivity contribution in [3.05, 3.63) is 46.5 Å². The highest BCUT2D eigenvalue weighted by Crippen LogP contribution is 2.54. The normalized spacial score (nSPS) is 14.2. The Hall–Kier alpha value is -0.960. The highest BCUT2D eigenvalue weighted by atomic mass is 32.2. The summed E-state index contributed by atoms with van der Waals surface area (Å²) in [7, 11) is -9.61. The Morgan fingerprint density at radius 1 is 0.488 bits per heavy atom. The average Bonchev–Trinajstić information content (AvgIpc) is 2.69. The number of phosphoric ester groups is 2. The Balaban J connectivity index is 2.73. The number of phosphoric acid groups is 2. The quantitative estimate of drug-likeness (QED) is 0.122. The van der Waals surface area contributed by atoms with E-state index in [-0.39, 0.29) is 11.5 Å². The van der Waals surface area contributed by atoms with Crippen molar-refractivity contribution in [2.45, 2.75) is 132 Å². The minimum Gasteiger partial charge on any atom is -0.404 e. The molecule has 12 heteroatoms. The molecule has 0 spiro atoms. The topological polar surface area (TPSA) is 134 Å². The molecule has 43 heavy (non-hydrogen) atoms. The van der Waals surface area contributed by atoms with Crippen molar-refractivity contribution < 1.29 is 37.8 Å². The van der Waals surface area contributed by atoms with E-state index in [0.717, 1.165) is 9.79 Å². The van der Waals surface area contributed by atoms with Gasteiger partial charge in [0.05, 0.1) is 4.08 Å². The van der Waals surface area contributed by atoms with Gasteiger partial charge in [0.15, 0.2) is 0 Å². The van der Waals surface area contributed by atoms with Gasteiger partial charge in [-0.1, -0.05) is 83.1 Å². The van der Waals surface area contributed by atoms with Crippen LogP contribution < -0.4 is 9.05 Å². The van der Waals surface area contributed by atoms with Gasteiger partial charge >= 0.3 is 15.6 Å². The van der Waals surface area contributed by atoms with Gasteiger partial charge in [-0.05, 0) is 59.8 Å². The average molecular weight is 677 g/mol. The molecule has 0 aliphatic rings. The van der Waals surface area contributed by atoms with Crippen LogP contribution in [0.4, 0.5) is 0 Å². The summed E-state index contributed by atoms with van der Waals surface area (Å²) in [6.07, 6.45) is 0. The third kappa shape index (κ3) is 11.1. The zero-order chi connectivity index (χ0) is 33.8. The monoisotopic (exact) mass is 676 g/mol. The molecular formula is C31H50O8P2S2. The van der Waals surface area contributed by atoms with Crippen molar-refractivity contribution in [3.63, 3.8) is 0 Å². The van der Waals surface area contributed by atoms with Crippen LogP contribution in [0.3, 0.4) is 0 Å². The van der Waals surface area contributed by atoms with Crippen LogP contribution in [0.15, 0.2) is 34.1 Å². The first kappa shape index (κ1) is 38.2. The lowest BCUT2D eigenvalue weighted by Gasteiger charge is -2.33. The van der Waals surface area contributed by atoms with Gasteiger partial charge in [-0.15, -0.1) is 23.5 Å². The van der Waals surface area contributed by atoms with Gasteiger partial charge in [-0.2, -0.15) is 0 Å². The Labute approximate surface area is 266 Å². The van der Waals surface area contributed by atoms with E-state index in [9.17, 15) is 28.7 Å². The van der Waals surface area contributed by atoms with E-state index in [1.165, 1.54) is 0 Å². The van der Waals surface area contributed by atoms with Crippen molar-refractivity contribution in [2.24, 2.45) is 0 Å². The molecule has 0 fully saturated rings. The lowest BCUT2D eigenvalue weighted by Crippen LogP contribution is -2.20. The molecular weight excluding hydrogens is 626 g/mol. The largest absolute Gasteiger partial charge is 0.524 e. The van der Waals surface area contributed by atoms with Gasteiger partial charge in [0.1, 0.15) is 11.5 Å². The maximum atomic E-state index is 12.0. The molecule has 0 radical (unpaired) electrons. The Kier molecular flexibility index (Phi) is 11.0. The maximum absolute atomic E-state index is 12.0. The van der Waals surface area contributed by atoms with Crippen LogP contribution in [-0.2, 0) is 30.8 Å². The van der Waals surface area contributed by atoms with Crippen LogP contribution in [-0.4, -0.2) is 23.7 Å². The minimum atomic E-state index is -4.81. The van der Waals surface area contributed by atoms with Crippen LogP contribution in [0.1, 0.15) is 119 Å². The second-order valence-electron chi connectivity index (χ2n) is 15.5. The Bertz CT molecular complexity index is 1250. The van der Waals surface area contributed by atoms with E-state index >= 15 is 0 Å².